The van der Waals surface area contributed by atoms with Gasteiger partial charge in [0.15, 0.2) is 0 Å². The molecule has 1 atom stereocenters. The van der Waals surface area contributed by atoms with Crippen LogP contribution in [0.4, 0.5) is 11.4 Å². The van der Waals surface area contributed by atoms with Crippen LogP contribution in [0.15, 0.2) is 22.7 Å². The first-order valence-corrected chi connectivity index (χ1v) is 7.02. The maximum Gasteiger partial charge on any atom is 0.0577 e. The van der Waals surface area contributed by atoms with Gasteiger partial charge < -0.3 is 16.0 Å². The summed E-state index contributed by atoms with van der Waals surface area (Å²) in [6.07, 6.45) is 2.49. The standard InChI is InChI=1S/C13H20BrN3/c1-2-17-7-3-4-11(9-17)16-13-6-5-10(14)8-12(13)15/h5-6,8,11,16H,2-4,7,9,15H2,1H3. The molecular weight excluding hydrogens is 278 g/mol. The molecule has 94 valence electrons. The van der Waals surface area contributed by atoms with Crippen molar-refractivity contribution in [3.05, 3.63) is 22.7 Å². The topological polar surface area (TPSA) is 41.3 Å². The molecule has 0 bridgehead atoms. The van der Waals surface area contributed by atoms with Crippen molar-refractivity contribution in [2.24, 2.45) is 0 Å². The van der Waals surface area contributed by atoms with E-state index in [2.05, 4.69) is 33.1 Å². The van der Waals surface area contributed by atoms with E-state index in [1.54, 1.807) is 0 Å². The largest absolute Gasteiger partial charge is 0.397 e. The molecule has 1 saturated heterocycles. The van der Waals surface area contributed by atoms with Crippen LogP contribution in [0.3, 0.4) is 0 Å². The second-order valence-electron chi connectivity index (χ2n) is 4.61. The van der Waals surface area contributed by atoms with E-state index in [0.717, 1.165) is 28.9 Å². The Bertz CT molecular complexity index is 381. The number of nitrogen functional groups attached to an aromatic ring is 1. The van der Waals surface area contributed by atoms with Crippen molar-refractivity contribution in [2.45, 2.75) is 25.8 Å². The molecule has 1 aliphatic heterocycles. The highest BCUT2D eigenvalue weighted by Gasteiger charge is 2.18. The molecular formula is C13H20BrN3. The van der Waals surface area contributed by atoms with Crippen molar-refractivity contribution in [1.29, 1.82) is 0 Å². The summed E-state index contributed by atoms with van der Waals surface area (Å²) < 4.78 is 1.03. The summed E-state index contributed by atoms with van der Waals surface area (Å²) in [4.78, 5) is 2.48. The minimum absolute atomic E-state index is 0.521. The Morgan fingerprint density at radius 3 is 3.06 bits per heavy atom. The molecule has 0 aromatic heterocycles. The van der Waals surface area contributed by atoms with Crippen LogP contribution in [-0.4, -0.2) is 30.6 Å². The zero-order chi connectivity index (χ0) is 12.3. The summed E-state index contributed by atoms with van der Waals surface area (Å²) in [5.74, 6) is 0. The molecule has 0 saturated carbocycles. The van der Waals surface area contributed by atoms with Gasteiger partial charge in [-0.2, -0.15) is 0 Å². The summed E-state index contributed by atoms with van der Waals surface area (Å²) >= 11 is 3.43. The summed E-state index contributed by atoms with van der Waals surface area (Å²) in [6, 6.07) is 6.54. The van der Waals surface area contributed by atoms with Crippen molar-refractivity contribution < 1.29 is 0 Å². The van der Waals surface area contributed by atoms with E-state index in [0.29, 0.717) is 6.04 Å². The van der Waals surface area contributed by atoms with Crippen molar-refractivity contribution in [3.63, 3.8) is 0 Å². The molecule has 17 heavy (non-hydrogen) atoms. The molecule has 4 heteroatoms. The molecule has 1 unspecified atom stereocenters. The highest BCUT2D eigenvalue weighted by molar-refractivity contribution is 9.10. The maximum absolute atomic E-state index is 6.00. The third kappa shape index (κ3) is 3.36. The van der Waals surface area contributed by atoms with Gasteiger partial charge in [0.2, 0.25) is 0 Å². The quantitative estimate of drug-likeness (QED) is 0.843. The Hall–Kier alpha value is -0.740. The number of anilines is 2. The molecule has 1 fully saturated rings. The fourth-order valence-electron chi connectivity index (χ4n) is 2.35. The number of nitrogens with zero attached hydrogens (tertiary/aromatic N) is 1. The lowest BCUT2D eigenvalue weighted by Gasteiger charge is -2.33. The fraction of sp³-hybridized carbons (Fsp3) is 0.538. The minimum atomic E-state index is 0.521. The van der Waals surface area contributed by atoms with Crippen LogP contribution in [0.1, 0.15) is 19.8 Å². The van der Waals surface area contributed by atoms with Crippen molar-refractivity contribution in [1.82, 2.24) is 4.90 Å². The molecule has 3 N–H and O–H groups in total. The Balaban J connectivity index is 2.00. The number of likely N-dealkylation sites (N-methyl/N-ethyl adjacent to an activating group) is 1. The monoisotopic (exact) mass is 297 g/mol. The Morgan fingerprint density at radius 2 is 2.35 bits per heavy atom. The van der Waals surface area contributed by atoms with Crippen LogP contribution in [0.25, 0.3) is 0 Å². The fourth-order valence-corrected chi connectivity index (χ4v) is 2.72. The molecule has 0 aliphatic carbocycles. The van der Waals surface area contributed by atoms with Crippen LogP contribution in [0.5, 0.6) is 0 Å². The first kappa shape index (κ1) is 12.7. The van der Waals surface area contributed by atoms with Gasteiger partial charge in [-0.05, 0) is 44.1 Å². The number of rotatable bonds is 3. The first-order valence-electron chi connectivity index (χ1n) is 6.23. The molecule has 2 rings (SSSR count). The second kappa shape index (κ2) is 5.74. The number of hydrogen-bond donors (Lipinski definition) is 2. The summed E-state index contributed by atoms with van der Waals surface area (Å²) in [6.45, 7) is 5.70. The normalized spacial score (nSPS) is 21.4. The predicted octanol–water partition coefficient (Wildman–Crippen LogP) is 2.93. The number of hydrogen-bond acceptors (Lipinski definition) is 3. The highest BCUT2D eigenvalue weighted by Crippen LogP contribution is 2.25. The van der Waals surface area contributed by atoms with Gasteiger partial charge in [0.1, 0.15) is 0 Å². The molecule has 1 heterocycles. The number of nitrogens with two attached hydrogens (primary N) is 1. The molecule has 3 nitrogen and oxygen atoms in total. The van der Waals surface area contributed by atoms with E-state index in [1.165, 1.54) is 19.4 Å². The van der Waals surface area contributed by atoms with E-state index < -0.39 is 0 Å². The van der Waals surface area contributed by atoms with E-state index in [4.69, 9.17) is 5.73 Å². The van der Waals surface area contributed by atoms with Crippen molar-refractivity contribution in [3.8, 4) is 0 Å². The maximum atomic E-state index is 6.00. The Morgan fingerprint density at radius 1 is 1.53 bits per heavy atom. The molecule has 1 aliphatic rings. The van der Waals surface area contributed by atoms with Crippen LogP contribution in [-0.2, 0) is 0 Å². The van der Waals surface area contributed by atoms with E-state index in [9.17, 15) is 0 Å². The Labute approximate surface area is 111 Å². The predicted molar refractivity (Wildman–Crippen MR) is 77.3 cm³/mol. The van der Waals surface area contributed by atoms with Gasteiger partial charge in [-0.1, -0.05) is 22.9 Å². The zero-order valence-corrected chi connectivity index (χ0v) is 11.8. The van der Waals surface area contributed by atoms with Crippen LogP contribution in [0, 0.1) is 0 Å². The van der Waals surface area contributed by atoms with Gasteiger partial charge in [0, 0.05) is 17.1 Å². The third-order valence-electron chi connectivity index (χ3n) is 3.33. The van der Waals surface area contributed by atoms with Gasteiger partial charge in [-0.25, -0.2) is 0 Å². The summed E-state index contributed by atoms with van der Waals surface area (Å²) in [5, 5.41) is 3.55. The third-order valence-corrected chi connectivity index (χ3v) is 3.82. The number of halogens is 1. The lowest BCUT2D eigenvalue weighted by molar-refractivity contribution is 0.227. The molecule has 0 amide bonds. The average molecular weight is 298 g/mol. The van der Waals surface area contributed by atoms with Crippen LogP contribution in [0.2, 0.25) is 0 Å². The molecule has 0 spiro atoms. The van der Waals surface area contributed by atoms with Gasteiger partial charge in [-0.3, -0.25) is 0 Å². The van der Waals surface area contributed by atoms with Crippen LogP contribution < -0.4 is 11.1 Å². The highest BCUT2D eigenvalue weighted by atomic mass is 79.9. The molecule has 1 aromatic rings. The molecule has 0 radical (unpaired) electrons. The smallest absolute Gasteiger partial charge is 0.0577 e. The van der Waals surface area contributed by atoms with Gasteiger partial charge >= 0.3 is 0 Å². The number of nitrogens with one attached hydrogen (secondary N) is 1. The van der Waals surface area contributed by atoms with Crippen LogP contribution >= 0.6 is 15.9 Å². The lowest BCUT2D eigenvalue weighted by atomic mass is 10.1. The number of benzene rings is 1. The molecule has 1 aromatic carbocycles. The Kier molecular flexibility index (Phi) is 4.29. The van der Waals surface area contributed by atoms with Gasteiger partial charge in [-0.15, -0.1) is 0 Å². The number of likely N-dealkylation sites (tertiary alicyclic amines) is 1. The van der Waals surface area contributed by atoms with Crippen molar-refractivity contribution >= 4 is 27.3 Å². The number of piperidine rings is 1. The SMILES string of the molecule is CCN1CCCC(Nc2ccc(Br)cc2N)C1. The van der Waals surface area contributed by atoms with E-state index in [-0.39, 0.29) is 0 Å². The zero-order valence-electron chi connectivity index (χ0n) is 10.2. The second-order valence-corrected chi connectivity index (χ2v) is 5.52. The minimum Gasteiger partial charge on any atom is -0.397 e. The van der Waals surface area contributed by atoms with Gasteiger partial charge in [0.05, 0.1) is 11.4 Å². The summed E-state index contributed by atoms with van der Waals surface area (Å²) in [7, 11) is 0. The van der Waals surface area contributed by atoms with E-state index in [1.807, 2.05) is 18.2 Å². The lowest BCUT2D eigenvalue weighted by Crippen LogP contribution is -2.41. The van der Waals surface area contributed by atoms with E-state index >= 15 is 0 Å². The first-order chi connectivity index (χ1) is 8.19. The average Bonchev–Trinajstić information content (AvgIpc) is 2.33. The van der Waals surface area contributed by atoms with Crippen molar-refractivity contribution in [2.75, 3.05) is 30.7 Å². The van der Waals surface area contributed by atoms with Gasteiger partial charge in [0.25, 0.3) is 0 Å². The summed E-state index contributed by atoms with van der Waals surface area (Å²) in [5.41, 5.74) is 7.86.